The minimum atomic E-state index is -0.267. The van der Waals surface area contributed by atoms with Crippen molar-refractivity contribution in [1.82, 2.24) is 39.8 Å². The van der Waals surface area contributed by atoms with Crippen LogP contribution in [0.25, 0.3) is 11.8 Å². The lowest BCUT2D eigenvalue weighted by Crippen LogP contribution is -2.37. The number of hydroxylamine groups is 2. The molecule has 2 aromatic heterocycles. The summed E-state index contributed by atoms with van der Waals surface area (Å²) in [5.41, 5.74) is 4.94. The fourth-order valence-electron chi connectivity index (χ4n) is 7.14. The van der Waals surface area contributed by atoms with Crippen LogP contribution in [0.4, 0.5) is 10.6 Å². The third-order valence-electron chi connectivity index (χ3n) is 9.74. The van der Waals surface area contributed by atoms with E-state index in [1.807, 2.05) is 52.4 Å². The summed E-state index contributed by atoms with van der Waals surface area (Å²) in [6, 6.07) is 18.7. The molecule has 1 saturated heterocycles. The number of anilines is 1. The molecule has 2 aliphatic heterocycles. The van der Waals surface area contributed by atoms with Crippen LogP contribution in [0, 0.1) is 6.92 Å². The summed E-state index contributed by atoms with van der Waals surface area (Å²) in [5.74, 6) is 2.50. The highest BCUT2D eigenvalue weighted by atomic mass is 16.7. The predicted octanol–water partition coefficient (Wildman–Crippen LogP) is 7.19. The Morgan fingerprint density at radius 2 is 1.77 bits per heavy atom. The van der Waals surface area contributed by atoms with E-state index in [4.69, 9.17) is 9.94 Å². The van der Waals surface area contributed by atoms with Crippen LogP contribution in [0.3, 0.4) is 0 Å². The molecule has 0 radical (unpaired) electrons. The van der Waals surface area contributed by atoms with Crippen LogP contribution < -0.4 is 10.6 Å². The number of nitrogens with zero attached hydrogens (tertiary/aromatic N) is 7. The maximum atomic E-state index is 13.6. The maximum absolute atomic E-state index is 13.6. The van der Waals surface area contributed by atoms with Crippen LogP contribution >= 0.6 is 0 Å². The van der Waals surface area contributed by atoms with Gasteiger partial charge in [0.15, 0.2) is 11.6 Å². The second-order valence-electron chi connectivity index (χ2n) is 14.6. The summed E-state index contributed by atoms with van der Waals surface area (Å²) in [6.45, 7) is 14.5. The number of fused-ring (bicyclic) bond motifs is 2. The molecule has 3 aliphatic rings. The van der Waals surface area contributed by atoms with Gasteiger partial charge in [-0.3, -0.25) is 19.6 Å². The molecular weight excluding hydrogens is 602 g/mol. The van der Waals surface area contributed by atoms with Gasteiger partial charge >= 0.3 is 6.03 Å². The summed E-state index contributed by atoms with van der Waals surface area (Å²) in [7, 11) is 0. The van der Waals surface area contributed by atoms with Gasteiger partial charge in [-0.1, -0.05) is 62.7 Å². The summed E-state index contributed by atoms with van der Waals surface area (Å²) in [6.07, 6.45) is 7.53. The number of amides is 2. The Morgan fingerprint density at radius 3 is 2.52 bits per heavy atom. The molecule has 0 saturated carbocycles. The minimum absolute atomic E-state index is 0.149. The van der Waals surface area contributed by atoms with Crippen molar-refractivity contribution in [3.63, 3.8) is 0 Å². The zero-order valence-corrected chi connectivity index (χ0v) is 28.8. The average molecular weight is 650 g/mol. The largest absolute Gasteiger partial charge is 0.331 e. The van der Waals surface area contributed by atoms with Crippen LogP contribution in [0.15, 0.2) is 60.8 Å². The molecule has 2 aromatic carbocycles. The molecule has 1 aliphatic carbocycles. The van der Waals surface area contributed by atoms with E-state index in [1.165, 1.54) is 12.0 Å². The van der Waals surface area contributed by atoms with E-state index in [1.54, 1.807) is 0 Å². The molecule has 1 fully saturated rings. The van der Waals surface area contributed by atoms with Crippen LogP contribution in [0.2, 0.25) is 0 Å². The molecule has 2 N–H and O–H groups in total. The van der Waals surface area contributed by atoms with Crippen molar-refractivity contribution >= 4 is 17.9 Å². The SMILES string of the molecule is Cc1ccc(-n2nc(C(C)(C)C)cc2NC(=O)N[C@H]2CC[C@@H](ON3C=Cc4nnc([C@@H]5CCCN5C(C)C)n4C3)c3ccccc32)cc1. The Balaban J connectivity index is 1.05. The summed E-state index contributed by atoms with van der Waals surface area (Å²) >= 11 is 0. The van der Waals surface area contributed by atoms with Crippen molar-refractivity contribution in [2.75, 3.05) is 11.9 Å². The first kappa shape index (κ1) is 32.1. The number of carbonyl (C=O) groups excluding carboxylic acids is 1. The highest BCUT2D eigenvalue weighted by Crippen LogP contribution is 2.40. The fourth-order valence-corrected chi connectivity index (χ4v) is 7.14. The van der Waals surface area contributed by atoms with E-state index in [0.29, 0.717) is 18.5 Å². The monoisotopic (exact) mass is 649 g/mol. The second-order valence-corrected chi connectivity index (χ2v) is 14.6. The quantitative estimate of drug-likeness (QED) is 0.218. The Bertz CT molecular complexity index is 1800. The maximum Gasteiger partial charge on any atom is 0.320 e. The molecule has 0 bridgehead atoms. The number of carbonyl (C=O) groups is 1. The molecule has 11 heteroatoms. The van der Waals surface area contributed by atoms with Gasteiger partial charge in [0.1, 0.15) is 18.6 Å². The highest BCUT2D eigenvalue weighted by Gasteiger charge is 2.35. The average Bonchev–Trinajstić information content (AvgIpc) is 3.81. The van der Waals surface area contributed by atoms with Gasteiger partial charge < -0.3 is 5.32 Å². The van der Waals surface area contributed by atoms with E-state index in [9.17, 15) is 4.79 Å². The van der Waals surface area contributed by atoms with Gasteiger partial charge in [-0.15, -0.1) is 10.2 Å². The first-order chi connectivity index (χ1) is 23.0. The van der Waals surface area contributed by atoms with E-state index >= 15 is 0 Å². The zero-order chi connectivity index (χ0) is 33.6. The van der Waals surface area contributed by atoms with E-state index in [0.717, 1.165) is 60.0 Å². The van der Waals surface area contributed by atoms with Gasteiger partial charge in [-0.2, -0.15) is 5.10 Å². The molecule has 48 heavy (non-hydrogen) atoms. The first-order valence-electron chi connectivity index (χ1n) is 17.2. The third-order valence-corrected chi connectivity index (χ3v) is 9.74. The Kier molecular flexibility index (Phi) is 8.59. The van der Waals surface area contributed by atoms with E-state index in [2.05, 4.69) is 96.1 Å². The predicted molar refractivity (Wildman–Crippen MR) is 186 cm³/mol. The first-order valence-corrected chi connectivity index (χ1v) is 17.2. The number of rotatable bonds is 7. The number of likely N-dealkylation sites (tertiary alicyclic amines) is 1. The fraction of sp³-hybridized carbons (Fsp3) is 0.459. The van der Waals surface area contributed by atoms with Crippen LogP contribution in [-0.4, -0.2) is 53.1 Å². The smallest absolute Gasteiger partial charge is 0.320 e. The molecule has 4 heterocycles. The third kappa shape index (κ3) is 6.36. The molecular formula is C37H47N9O2. The summed E-state index contributed by atoms with van der Waals surface area (Å²) in [4.78, 5) is 22.7. The minimum Gasteiger partial charge on any atom is -0.331 e. The van der Waals surface area contributed by atoms with Gasteiger partial charge in [-0.25, -0.2) is 14.5 Å². The lowest BCUT2D eigenvalue weighted by molar-refractivity contribution is -0.190. The number of benzene rings is 2. The van der Waals surface area contributed by atoms with Crippen LogP contribution in [0.1, 0.15) is 113 Å². The number of nitrogens with one attached hydrogen (secondary N) is 2. The molecule has 3 atom stereocenters. The van der Waals surface area contributed by atoms with Gasteiger partial charge in [-0.05, 0) is 76.3 Å². The standard InChI is InChI=1S/C37H47N9O2/c1-24(2)44-20-9-12-30(44)35-41-40-33-19-21-43(23-45(33)35)48-31-18-17-29(27-10-7-8-11-28(27)31)38-36(47)39-34-22-32(37(4,5)6)42-46(34)26-15-13-25(3)14-16-26/h7-8,10-11,13-16,19,21-22,24,29-31H,9,12,17-18,20,23H2,1-6H3,(H2,38,39,47)/t29-,30-,31+/m0/s1. The topological polar surface area (TPSA) is 105 Å². The summed E-state index contributed by atoms with van der Waals surface area (Å²) in [5, 5.41) is 22.2. The van der Waals surface area contributed by atoms with Gasteiger partial charge in [0, 0.05) is 29.8 Å². The number of hydrogen-bond donors (Lipinski definition) is 2. The Hall–Kier alpha value is -4.48. The zero-order valence-electron chi connectivity index (χ0n) is 28.8. The molecule has 252 valence electrons. The Labute approximate surface area is 282 Å². The van der Waals surface area contributed by atoms with Gasteiger partial charge in [0.2, 0.25) is 0 Å². The van der Waals surface area contributed by atoms with Crippen molar-refractivity contribution in [3.8, 4) is 5.69 Å². The Morgan fingerprint density at radius 1 is 1.00 bits per heavy atom. The molecule has 7 rings (SSSR count). The normalized spacial score (nSPS) is 21.0. The molecule has 4 aromatic rings. The highest BCUT2D eigenvalue weighted by molar-refractivity contribution is 5.89. The van der Waals surface area contributed by atoms with Crippen molar-refractivity contribution in [1.29, 1.82) is 0 Å². The van der Waals surface area contributed by atoms with Crippen molar-refractivity contribution in [3.05, 3.63) is 94.8 Å². The van der Waals surface area contributed by atoms with Crippen LogP contribution in [-0.2, 0) is 16.9 Å². The number of hydrogen-bond acceptors (Lipinski definition) is 7. The van der Waals surface area contributed by atoms with Crippen molar-refractivity contribution < 1.29 is 9.63 Å². The lowest BCUT2D eigenvalue weighted by Gasteiger charge is -2.35. The summed E-state index contributed by atoms with van der Waals surface area (Å²) < 4.78 is 3.99. The number of urea groups is 1. The van der Waals surface area contributed by atoms with Crippen LogP contribution in [0.5, 0.6) is 0 Å². The van der Waals surface area contributed by atoms with Crippen molar-refractivity contribution in [2.24, 2.45) is 0 Å². The van der Waals surface area contributed by atoms with Crippen molar-refractivity contribution in [2.45, 2.75) is 104 Å². The van der Waals surface area contributed by atoms with Gasteiger partial charge in [0.25, 0.3) is 0 Å². The molecule has 0 spiro atoms. The number of aromatic nitrogens is 5. The molecule has 11 nitrogen and oxygen atoms in total. The van der Waals surface area contributed by atoms with E-state index in [-0.39, 0.29) is 29.6 Å². The van der Waals surface area contributed by atoms with E-state index < -0.39 is 0 Å². The molecule has 0 unspecified atom stereocenters. The number of aryl methyl sites for hydroxylation is 1. The van der Waals surface area contributed by atoms with Gasteiger partial charge in [0.05, 0.1) is 23.5 Å². The second kappa shape index (κ2) is 12.9. The lowest BCUT2D eigenvalue weighted by atomic mass is 9.86. The molecule has 2 amide bonds.